The predicted molar refractivity (Wildman–Crippen MR) is 86.4 cm³/mol. The van der Waals surface area contributed by atoms with E-state index in [2.05, 4.69) is 10.6 Å². The average Bonchev–Trinajstić information content (AvgIpc) is 2.92. The molecule has 2 atom stereocenters. The number of carbonyl (C=O) groups is 2. The summed E-state index contributed by atoms with van der Waals surface area (Å²) in [6.45, 7) is 3.14. The summed E-state index contributed by atoms with van der Waals surface area (Å²) in [4.78, 5) is 25.6. The van der Waals surface area contributed by atoms with Crippen LogP contribution in [0.1, 0.15) is 13.3 Å². The Morgan fingerprint density at radius 3 is 2.88 bits per heavy atom. The van der Waals surface area contributed by atoms with Crippen LogP contribution in [-0.4, -0.2) is 55.5 Å². The number of anilines is 1. The molecule has 130 valence electrons. The van der Waals surface area contributed by atoms with Crippen molar-refractivity contribution in [3.63, 3.8) is 0 Å². The number of ether oxygens (including phenoxy) is 2. The molecule has 8 heteroatoms. The van der Waals surface area contributed by atoms with E-state index in [9.17, 15) is 9.59 Å². The van der Waals surface area contributed by atoms with Gasteiger partial charge in [0.25, 0.3) is 0 Å². The van der Waals surface area contributed by atoms with Crippen molar-refractivity contribution in [2.75, 3.05) is 31.2 Å². The fraction of sp³-hybridized carbons (Fsp3) is 0.500. The standard InChI is InChI=1S/C16H21N3O5/c1-10(20)8-17-16(22)18-11-6-15(21)19(9-11)12-2-3-13-14(7-12)24-5-4-23-13/h2-3,7,10-11,20H,4-6,8-9H2,1H3,(H2,17,18,22)/t10-,11+/m1/s1. The Hall–Kier alpha value is -2.48. The normalized spacial score (nSPS) is 20.7. The summed E-state index contributed by atoms with van der Waals surface area (Å²) in [6.07, 6.45) is -0.383. The van der Waals surface area contributed by atoms with Crippen LogP contribution in [0.4, 0.5) is 10.5 Å². The van der Waals surface area contributed by atoms with E-state index in [1.54, 1.807) is 30.0 Å². The third-order valence-electron chi connectivity index (χ3n) is 3.86. The van der Waals surface area contributed by atoms with Gasteiger partial charge >= 0.3 is 6.03 Å². The number of urea groups is 1. The lowest BCUT2D eigenvalue weighted by atomic mass is 10.2. The van der Waals surface area contributed by atoms with Crippen LogP contribution in [0.5, 0.6) is 11.5 Å². The summed E-state index contributed by atoms with van der Waals surface area (Å²) in [5, 5.41) is 14.5. The summed E-state index contributed by atoms with van der Waals surface area (Å²) in [7, 11) is 0. The van der Waals surface area contributed by atoms with Crippen molar-refractivity contribution in [1.29, 1.82) is 0 Å². The van der Waals surface area contributed by atoms with Gasteiger partial charge in [0.15, 0.2) is 11.5 Å². The molecule has 0 aromatic heterocycles. The maximum atomic E-state index is 12.2. The number of amides is 3. The highest BCUT2D eigenvalue weighted by molar-refractivity contribution is 5.97. The first-order valence-electron chi connectivity index (χ1n) is 7.95. The van der Waals surface area contributed by atoms with Crippen molar-refractivity contribution in [3.05, 3.63) is 18.2 Å². The minimum absolute atomic E-state index is 0.0625. The van der Waals surface area contributed by atoms with Gasteiger partial charge in [-0.2, -0.15) is 0 Å². The van der Waals surface area contributed by atoms with Crippen molar-refractivity contribution in [2.24, 2.45) is 0 Å². The first-order valence-corrected chi connectivity index (χ1v) is 7.95. The lowest BCUT2D eigenvalue weighted by Crippen LogP contribution is -2.45. The topological polar surface area (TPSA) is 100 Å². The highest BCUT2D eigenvalue weighted by Gasteiger charge is 2.32. The van der Waals surface area contributed by atoms with Crippen molar-refractivity contribution < 1.29 is 24.2 Å². The van der Waals surface area contributed by atoms with Crippen molar-refractivity contribution in [3.8, 4) is 11.5 Å². The van der Waals surface area contributed by atoms with Crippen LogP contribution in [0.3, 0.4) is 0 Å². The van der Waals surface area contributed by atoms with Gasteiger partial charge in [0.2, 0.25) is 5.91 Å². The third kappa shape index (κ3) is 3.70. The Morgan fingerprint density at radius 2 is 2.12 bits per heavy atom. The molecule has 3 N–H and O–H groups in total. The van der Waals surface area contributed by atoms with Gasteiger partial charge in [-0.1, -0.05) is 0 Å². The summed E-state index contributed by atoms with van der Waals surface area (Å²) in [5.74, 6) is 1.23. The van der Waals surface area contributed by atoms with E-state index in [1.165, 1.54) is 0 Å². The minimum Gasteiger partial charge on any atom is -0.486 e. The van der Waals surface area contributed by atoms with Gasteiger partial charge in [-0.05, 0) is 19.1 Å². The number of carbonyl (C=O) groups excluding carboxylic acids is 2. The molecular formula is C16H21N3O5. The minimum atomic E-state index is -0.616. The molecule has 3 amide bonds. The molecule has 0 bridgehead atoms. The molecule has 2 heterocycles. The van der Waals surface area contributed by atoms with E-state index in [1.807, 2.05) is 0 Å². The Morgan fingerprint density at radius 1 is 1.38 bits per heavy atom. The summed E-state index contributed by atoms with van der Waals surface area (Å²) in [5.41, 5.74) is 0.720. The van der Waals surface area contributed by atoms with Crippen molar-refractivity contribution in [2.45, 2.75) is 25.5 Å². The van der Waals surface area contributed by atoms with E-state index >= 15 is 0 Å². The van der Waals surface area contributed by atoms with E-state index in [0.717, 1.165) is 5.69 Å². The highest BCUT2D eigenvalue weighted by atomic mass is 16.6. The van der Waals surface area contributed by atoms with Gasteiger partial charge in [-0.3, -0.25) is 4.79 Å². The predicted octanol–water partition coefficient (Wildman–Crippen LogP) is 0.243. The molecule has 1 fully saturated rings. The zero-order valence-corrected chi connectivity index (χ0v) is 13.4. The second kappa shape index (κ2) is 6.96. The van der Waals surface area contributed by atoms with Crippen LogP contribution in [0, 0.1) is 0 Å². The molecule has 0 aliphatic carbocycles. The van der Waals surface area contributed by atoms with Crippen LogP contribution >= 0.6 is 0 Å². The van der Waals surface area contributed by atoms with Gasteiger partial charge < -0.3 is 30.1 Å². The Kier molecular flexibility index (Phi) is 4.75. The summed E-state index contributed by atoms with van der Waals surface area (Å²) >= 11 is 0. The van der Waals surface area contributed by atoms with Gasteiger partial charge in [-0.25, -0.2) is 4.79 Å². The van der Waals surface area contributed by atoms with Crippen LogP contribution in [0.15, 0.2) is 18.2 Å². The molecule has 0 radical (unpaired) electrons. The van der Waals surface area contributed by atoms with E-state index in [-0.39, 0.29) is 24.9 Å². The molecule has 0 saturated carbocycles. The van der Waals surface area contributed by atoms with Crippen LogP contribution < -0.4 is 25.0 Å². The molecule has 1 aromatic carbocycles. The van der Waals surface area contributed by atoms with E-state index < -0.39 is 12.1 Å². The number of fused-ring (bicyclic) bond motifs is 1. The number of aliphatic hydroxyl groups is 1. The molecule has 2 aliphatic rings. The number of nitrogens with zero attached hydrogens (tertiary/aromatic N) is 1. The lowest BCUT2D eigenvalue weighted by Gasteiger charge is -2.22. The average molecular weight is 335 g/mol. The Balaban J connectivity index is 1.61. The molecule has 0 unspecified atom stereocenters. The number of aliphatic hydroxyl groups excluding tert-OH is 1. The zero-order valence-electron chi connectivity index (χ0n) is 13.4. The van der Waals surface area contributed by atoms with Crippen LogP contribution in [0.2, 0.25) is 0 Å². The quantitative estimate of drug-likeness (QED) is 0.732. The summed E-state index contributed by atoms with van der Waals surface area (Å²) in [6, 6.07) is 4.70. The maximum absolute atomic E-state index is 12.2. The van der Waals surface area contributed by atoms with Gasteiger partial charge in [0.1, 0.15) is 13.2 Å². The molecule has 0 spiro atoms. The number of nitrogens with one attached hydrogen (secondary N) is 2. The molecule has 8 nitrogen and oxygen atoms in total. The third-order valence-corrected chi connectivity index (χ3v) is 3.86. The van der Waals surface area contributed by atoms with Gasteiger partial charge in [0.05, 0.1) is 12.1 Å². The van der Waals surface area contributed by atoms with Crippen molar-refractivity contribution >= 4 is 17.6 Å². The fourth-order valence-electron chi connectivity index (χ4n) is 2.73. The molecule has 3 rings (SSSR count). The van der Waals surface area contributed by atoms with Crippen molar-refractivity contribution in [1.82, 2.24) is 10.6 Å². The zero-order chi connectivity index (χ0) is 17.1. The fourth-order valence-corrected chi connectivity index (χ4v) is 2.73. The van der Waals surface area contributed by atoms with E-state index in [0.29, 0.717) is 31.3 Å². The van der Waals surface area contributed by atoms with Crippen LogP contribution in [-0.2, 0) is 4.79 Å². The Labute approximate surface area is 139 Å². The second-order valence-corrected chi connectivity index (χ2v) is 5.94. The molecular weight excluding hydrogens is 314 g/mol. The van der Waals surface area contributed by atoms with Crippen LogP contribution in [0.25, 0.3) is 0 Å². The highest BCUT2D eigenvalue weighted by Crippen LogP contribution is 2.35. The first-order chi connectivity index (χ1) is 11.5. The van der Waals surface area contributed by atoms with Gasteiger partial charge in [0, 0.05) is 31.3 Å². The SMILES string of the molecule is C[C@@H](O)CNC(=O)N[C@H]1CC(=O)N(c2ccc3c(c2)OCCO3)C1. The monoisotopic (exact) mass is 335 g/mol. The summed E-state index contributed by atoms with van der Waals surface area (Å²) < 4.78 is 11.0. The number of hydrogen-bond acceptors (Lipinski definition) is 5. The lowest BCUT2D eigenvalue weighted by molar-refractivity contribution is -0.117. The molecule has 24 heavy (non-hydrogen) atoms. The maximum Gasteiger partial charge on any atom is 0.315 e. The Bertz CT molecular complexity index is 634. The number of rotatable bonds is 4. The largest absolute Gasteiger partial charge is 0.486 e. The van der Waals surface area contributed by atoms with Gasteiger partial charge in [-0.15, -0.1) is 0 Å². The smallest absolute Gasteiger partial charge is 0.315 e. The molecule has 1 saturated heterocycles. The molecule has 1 aromatic rings. The first kappa shape index (κ1) is 16.4. The van der Waals surface area contributed by atoms with E-state index in [4.69, 9.17) is 14.6 Å². The number of benzene rings is 1. The molecule has 2 aliphatic heterocycles. The second-order valence-electron chi connectivity index (χ2n) is 5.94. The number of hydrogen-bond donors (Lipinski definition) is 3.